The van der Waals surface area contributed by atoms with Gasteiger partial charge < -0.3 is 15.4 Å². The van der Waals surface area contributed by atoms with Gasteiger partial charge in [-0.2, -0.15) is 0 Å². The van der Waals surface area contributed by atoms with Crippen molar-refractivity contribution in [2.75, 3.05) is 17.2 Å². The highest BCUT2D eigenvalue weighted by atomic mass is 32.2. The van der Waals surface area contributed by atoms with Gasteiger partial charge in [-0.3, -0.25) is 9.59 Å². The Morgan fingerprint density at radius 3 is 2.72 bits per heavy atom. The Bertz CT molecular complexity index is 1240. The Morgan fingerprint density at radius 2 is 2.00 bits per heavy atom. The average molecular weight is 543 g/mol. The van der Waals surface area contributed by atoms with Gasteiger partial charge in [-0.1, -0.05) is 26.0 Å². The minimum absolute atomic E-state index is 0.146. The predicted octanol–water partition coefficient (Wildman–Crippen LogP) is 6.87. The second kappa shape index (κ2) is 12.1. The summed E-state index contributed by atoms with van der Waals surface area (Å²) in [5.74, 6) is -0.108. The van der Waals surface area contributed by atoms with E-state index in [1.54, 1.807) is 13.0 Å². The second-order valence-corrected chi connectivity index (χ2v) is 12.1. The van der Waals surface area contributed by atoms with Crippen molar-refractivity contribution in [1.82, 2.24) is 0 Å². The first kappa shape index (κ1) is 26.4. The van der Waals surface area contributed by atoms with Gasteiger partial charge >= 0.3 is 5.97 Å². The lowest BCUT2D eigenvalue weighted by atomic mass is 9.88. The third-order valence-electron chi connectivity index (χ3n) is 6.01. The number of ether oxygens (including phenoxy) is 1. The third-order valence-corrected chi connectivity index (χ3v) is 9.40. The highest BCUT2D eigenvalue weighted by Gasteiger charge is 2.30. The molecule has 6 nitrogen and oxygen atoms in total. The number of benzene rings is 1. The van der Waals surface area contributed by atoms with E-state index < -0.39 is 0 Å². The molecular weight excluding hydrogens is 513 g/mol. The van der Waals surface area contributed by atoms with Crippen molar-refractivity contribution in [1.29, 1.82) is 0 Å². The molecule has 1 aliphatic rings. The van der Waals surface area contributed by atoms with Crippen molar-refractivity contribution in [3.63, 3.8) is 0 Å². The van der Waals surface area contributed by atoms with Crippen molar-refractivity contribution < 1.29 is 19.1 Å². The minimum Gasteiger partial charge on any atom is -0.462 e. The molecule has 0 bridgehead atoms. The van der Waals surface area contributed by atoms with E-state index in [0.717, 1.165) is 29.7 Å². The number of esters is 1. The van der Waals surface area contributed by atoms with Crippen LogP contribution in [0.1, 0.15) is 64.1 Å². The van der Waals surface area contributed by atoms with Crippen LogP contribution in [0.5, 0.6) is 0 Å². The summed E-state index contributed by atoms with van der Waals surface area (Å²) in [6.07, 6.45) is 3.38. The number of carbonyl (C=O) groups is 3. The molecule has 1 aromatic carbocycles. The van der Waals surface area contributed by atoms with Crippen LogP contribution in [0.4, 0.5) is 10.7 Å². The molecule has 2 amide bonds. The van der Waals surface area contributed by atoms with Crippen LogP contribution in [-0.2, 0) is 22.4 Å². The van der Waals surface area contributed by atoms with Crippen LogP contribution in [0, 0.1) is 5.92 Å². The summed E-state index contributed by atoms with van der Waals surface area (Å²) in [6, 6.07) is 11.1. The molecule has 2 unspecified atom stereocenters. The fourth-order valence-corrected chi connectivity index (χ4v) is 7.22. The molecule has 2 aromatic heterocycles. The van der Waals surface area contributed by atoms with E-state index in [-0.39, 0.29) is 23.0 Å². The first-order chi connectivity index (χ1) is 17.4. The molecule has 2 atom stereocenters. The van der Waals surface area contributed by atoms with Gasteiger partial charge in [-0.15, -0.1) is 34.4 Å². The van der Waals surface area contributed by atoms with Crippen molar-refractivity contribution in [3.05, 3.63) is 62.7 Å². The lowest BCUT2D eigenvalue weighted by Crippen LogP contribution is -2.25. The van der Waals surface area contributed by atoms with Gasteiger partial charge in [0.15, 0.2) is 0 Å². The number of hydrogen-bond donors (Lipinski definition) is 2. The number of fused-ring (bicyclic) bond motifs is 1. The summed E-state index contributed by atoms with van der Waals surface area (Å²) < 4.78 is 5.33. The van der Waals surface area contributed by atoms with E-state index in [1.807, 2.05) is 42.6 Å². The fraction of sp³-hybridized carbons (Fsp3) is 0.370. The zero-order valence-corrected chi connectivity index (χ0v) is 23.0. The van der Waals surface area contributed by atoms with Gasteiger partial charge in [-0.25, -0.2) is 4.79 Å². The van der Waals surface area contributed by atoms with Crippen molar-refractivity contribution in [2.45, 2.75) is 56.6 Å². The van der Waals surface area contributed by atoms with Crippen molar-refractivity contribution in [2.24, 2.45) is 5.92 Å². The largest absolute Gasteiger partial charge is 0.462 e. The van der Waals surface area contributed by atoms with E-state index in [0.29, 0.717) is 40.1 Å². The van der Waals surface area contributed by atoms with Gasteiger partial charge in [0, 0.05) is 15.5 Å². The highest BCUT2D eigenvalue weighted by molar-refractivity contribution is 8.00. The SMILES string of the molecule is CCOC(=O)c1c(NC(=O)C(CC)Sc2cccc(NC(=O)c3cccs3)c2)sc2c1CCC(C)C2. The maximum absolute atomic E-state index is 13.3. The molecule has 190 valence electrons. The Kier molecular flexibility index (Phi) is 8.87. The van der Waals surface area contributed by atoms with Crippen LogP contribution in [0.25, 0.3) is 0 Å². The third kappa shape index (κ3) is 6.19. The molecule has 9 heteroatoms. The van der Waals surface area contributed by atoms with Crippen LogP contribution >= 0.6 is 34.4 Å². The summed E-state index contributed by atoms with van der Waals surface area (Å²) >= 11 is 4.33. The van der Waals surface area contributed by atoms with Gasteiger partial charge in [0.05, 0.1) is 22.3 Å². The smallest absolute Gasteiger partial charge is 0.341 e. The Hall–Kier alpha value is -2.62. The van der Waals surface area contributed by atoms with E-state index in [1.165, 1.54) is 39.3 Å². The van der Waals surface area contributed by atoms with Crippen molar-refractivity contribution in [3.8, 4) is 0 Å². The summed E-state index contributed by atoms with van der Waals surface area (Å²) in [7, 11) is 0. The quantitative estimate of drug-likeness (QED) is 0.228. The molecule has 0 fully saturated rings. The molecule has 0 aliphatic heterocycles. The summed E-state index contributed by atoms with van der Waals surface area (Å²) in [4.78, 5) is 41.2. The standard InChI is InChI=1S/C27H30N2O4S3/c1-4-20(35-18-9-6-8-17(15-18)28-25(31)21-10-7-13-34-21)24(30)29-26-23(27(32)33-5-2)19-12-11-16(3)14-22(19)36-26/h6-10,13,15-16,20H,4-5,11-12,14H2,1-3H3,(H,28,31)(H,29,30). The van der Waals surface area contributed by atoms with Crippen LogP contribution in [-0.4, -0.2) is 29.6 Å². The number of thioether (sulfide) groups is 1. The lowest BCUT2D eigenvalue weighted by molar-refractivity contribution is -0.115. The maximum atomic E-state index is 13.3. The molecule has 0 saturated carbocycles. The zero-order chi connectivity index (χ0) is 25.7. The second-order valence-electron chi connectivity index (χ2n) is 8.74. The summed E-state index contributed by atoms with van der Waals surface area (Å²) in [5.41, 5.74) is 2.23. The number of rotatable bonds is 9. The molecule has 0 spiro atoms. The fourth-order valence-electron chi connectivity index (χ4n) is 4.18. The molecule has 1 aliphatic carbocycles. The summed E-state index contributed by atoms with van der Waals surface area (Å²) in [5, 5.41) is 8.06. The van der Waals surface area contributed by atoms with Crippen LogP contribution in [0.3, 0.4) is 0 Å². The molecule has 2 N–H and O–H groups in total. The molecule has 0 saturated heterocycles. The molecule has 2 heterocycles. The number of thiophene rings is 2. The normalized spacial score (nSPS) is 15.6. The average Bonchev–Trinajstić information content (AvgIpc) is 3.51. The number of hydrogen-bond acceptors (Lipinski definition) is 7. The van der Waals surface area contributed by atoms with Gasteiger partial charge in [0.2, 0.25) is 5.91 Å². The van der Waals surface area contributed by atoms with E-state index >= 15 is 0 Å². The number of carbonyl (C=O) groups excluding carboxylic acids is 3. The number of amides is 2. The first-order valence-corrected chi connectivity index (χ1v) is 14.7. The summed E-state index contributed by atoms with van der Waals surface area (Å²) in [6.45, 7) is 6.26. The zero-order valence-electron chi connectivity index (χ0n) is 20.6. The highest BCUT2D eigenvalue weighted by Crippen LogP contribution is 2.40. The lowest BCUT2D eigenvalue weighted by Gasteiger charge is -2.18. The van der Waals surface area contributed by atoms with E-state index in [4.69, 9.17) is 4.74 Å². The molecule has 3 aromatic rings. The monoisotopic (exact) mass is 542 g/mol. The van der Waals surface area contributed by atoms with Gasteiger partial charge in [0.1, 0.15) is 5.00 Å². The number of nitrogens with one attached hydrogen (secondary N) is 2. The Balaban J connectivity index is 1.49. The first-order valence-electron chi connectivity index (χ1n) is 12.1. The van der Waals surface area contributed by atoms with Crippen molar-refractivity contribution >= 4 is 62.9 Å². The molecule has 36 heavy (non-hydrogen) atoms. The Labute approximate surface area is 223 Å². The Morgan fingerprint density at radius 1 is 1.17 bits per heavy atom. The molecule has 4 rings (SSSR count). The molecule has 0 radical (unpaired) electrons. The van der Waals surface area contributed by atoms with Crippen LogP contribution < -0.4 is 10.6 Å². The van der Waals surface area contributed by atoms with E-state index in [2.05, 4.69) is 17.6 Å². The van der Waals surface area contributed by atoms with Gasteiger partial charge in [-0.05, 0) is 73.7 Å². The number of anilines is 2. The molecular formula is C27H30N2O4S3. The maximum Gasteiger partial charge on any atom is 0.341 e. The van der Waals surface area contributed by atoms with Crippen LogP contribution in [0.2, 0.25) is 0 Å². The topological polar surface area (TPSA) is 84.5 Å². The van der Waals surface area contributed by atoms with Gasteiger partial charge in [0.25, 0.3) is 5.91 Å². The minimum atomic E-state index is -0.366. The van der Waals surface area contributed by atoms with Crippen LogP contribution in [0.15, 0.2) is 46.7 Å². The van der Waals surface area contributed by atoms with E-state index in [9.17, 15) is 14.4 Å². The predicted molar refractivity (Wildman–Crippen MR) is 149 cm³/mol.